The van der Waals surface area contributed by atoms with Gasteiger partial charge in [0.1, 0.15) is 0 Å². The average Bonchev–Trinajstić information content (AvgIpc) is 2.87. The molecule has 0 aromatic heterocycles. The topological polar surface area (TPSA) is 12.0 Å². The number of nitrogens with one attached hydrogen (secondary N) is 1. The van der Waals surface area contributed by atoms with Crippen LogP contribution in [0.15, 0.2) is 42.5 Å². The molecule has 0 amide bonds. The maximum Gasteiger partial charge on any atom is 0.0377 e. The molecule has 1 N–H and O–H groups in total. The van der Waals surface area contributed by atoms with Crippen molar-refractivity contribution < 1.29 is 0 Å². The minimum atomic E-state index is 0.616. The fourth-order valence-electron chi connectivity index (χ4n) is 3.56. The maximum absolute atomic E-state index is 3.77. The lowest BCUT2D eigenvalue weighted by molar-refractivity contribution is 0.617. The molecule has 2 atom stereocenters. The van der Waals surface area contributed by atoms with E-state index in [4.69, 9.17) is 0 Å². The van der Waals surface area contributed by atoms with E-state index in [9.17, 15) is 0 Å². The molecular weight excluding hydrogens is 274 g/mol. The molecule has 1 nitrogen and oxygen atoms in total. The van der Waals surface area contributed by atoms with Crippen LogP contribution in [0.3, 0.4) is 0 Å². The lowest BCUT2D eigenvalue weighted by Gasteiger charge is -2.30. The Labute approximate surface area is 131 Å². The van der Waals surface area contributed by atoms with E-state index in [-0.39, 0.29) is 0 Å². The van der Waals surface area contributed by atoms with Gasteiger partial charge in [-0.15, -0.1) is 0 Å². The summed E-state index contributed by atoms with van der Waals surface area (Å²) in [6.45, 7) is 2.35. The van der Waals surface area contributed by atoms with Crippen molar-refractivity contribution in [2.24, 2.45) is 0 Å². The normalized spacial score (nSPS) is 23.5. The molecule has 1 fully saturated rings. The Morgan fingerprint density at radius 2 is 1.90 bits per heavy atom. The van der Waals surface area contributed by atoms with Gasteiger partial charge >= 0.3 is 0 Å². The summed E-state index contributed by atoms with van der Waals surface area (Å²) in [4.78, 5) is 0. The summed E-state index contributed by atoms with van der Waals surface area (Å²) in [7, 11) is 0. The molecule has 2 unspecified atom stereocenters. The van der Waals surface area contributed by atoms with Gasteiger partial charge in [-0.1, -0.05) is 37.3 Å². The van der Waals surface area contributed by atoms with Crippen molar-refractivity contribution in [1.29, 1.82) is 0 Å². The van der Waals surface area contributed by atoms with Gasteiger partial charge in [-0.25, -0.2) is 0 Å². The molecule has 4 rings (SSSR count). The first kappa shape index (κ1) is 13.3. The van der Waals surface area contributed by atoms with Crippen LogP contribution in [-0.2, 0) is 6.42 Å². The summed E-state index contributed by atoms with van der Waals surface area (Å²) in [5.41, 5.74) is 7.06. The molecule has 2 aromatic rings. The van der Waals surface area contributed by atoms with Gasteiger partial charge < -0.3 is 5.32 Å². The van der Waals surface area contributed by atoms with E-state index in [1.54, 1.807) is 0 Å². The number of rotatable bonds is 2. The van der Waals surface area contributed by atoms with Crippen LogP contribution in [0.5, 0.6) is 0 Å². The lowest BCUT2D eigenvalue weighted by Crippen LogP contribution is -2.32. The first-order valence-corrected chi connectivity index (χ1v) is 8.95. The van der Waals surface area contributed by atoms with E-state index < -0.39 is 0 Å². The second kappa shape index (κ2) is 5.42. The number of fused-ring (bicyclic) bond motifs is 3. The van der Waals surface area contributed by atoms with Gasteiger partial charge in [-0.05, 0) is 59.4 Å². The minimum Gasteiger partial charge on any atom is -0.381 e. The molecular formula is C19H21NS. The van der Waals surface area contributed by atoms with E-state index >= 15 is 0 Å². The highest BCUT2D eigenvalue weighted by Gasteiger charge is 2.23. The van der Waals surface area contributed by atoms with Crippen molar-refractivity contribution >= 4 is 17.4 Å². The first-order valence-electron chi connectivity index (χ1n) is 7.90. The third-order valence-corrected chi connectivity index (χ3v) is 6.13. The monoisotopic (exact) mass is 295 g/mol. The van der Waals surface area contributed by atoms with Crippen LogP contribution in [-0.4, -0.2) is 17.0 Å². The molecule has 108 valence electrons. The zero-order valence-corrected chi connectivity index (χ0v) is 13.2. The van der Waals surface area contributed by atoms with Gasteiger partial charge in [0, 0.05) is 17.0 Å². The molecule has 0 saturated carbocycles. The van der Waals surface area contributed by atoms with Crippen molar-refractivity contribution in [1.82, 2.24) is 0 Å². The van der Waals surface area contributed by atoms with Gasteiger partial charge in [0.25, 0.3) is 0 Å². The van der Waals surface area contributed by atoms with Crippen molar-refractivity contribution in [3.8, 4) is 11.1 Å². The van der Waals surface area contributed by atoms with Crippen molar-refractivity contribution in [3.05, 3.63) is 53.6 Å². The Kier molecular flexibility index (Phi) is 3.42. The van der Waals surface area contributed by atoms with Gasteiger partial charge in [0.15, 0.2) is 0 Å². The summed E-state index contributed by atoms with van der Waals surface area (Å²) in [6.07, 6.45) is 3.71. The SMILES string of the molecule is CC1SCCCC1Nc1ccc2c(c1)Cc1ccccc1-2. The Bertz CT molecular complexity index is 664. The third kappa shape index (κ3) is 2.46. The molecule has 0 bridgehead atoms. The average molecular weight is 295 g/mol. The van der Waals surface area contributed by atoms with E-state index in [2.05, 4.69) is 66.5 Å². The van der Waals surface area contributed by atoms with E-state index in [0.717, 1.165) is 6.42 Å². The highest BCUT2D eigenvalue weighted by molar-refractivity contribution is 8.00. The first-order chi connectivity index (χ1) is 10.3. The molecule has 0 radical (unpaired) electrons. The molecule has 1 saturated heterocycles. The molecule has 1 aliphatic heterocycles. The highest BCUT2D eigenvalue weighted by atomic mass is 32.2. The fraction of sp³-hybridized carbons (Fsp3) is 0.368. The van der Waals surface area contributed by atoms with Crippen LogP contribution >= 0.6 is 11.8 Å². The fourth-order valence-corrected chi connectivity index (χ4v) is 4.70. The summed E-state index contributed by atoms with van der Waals surface area (Å²) in [6, 6.07) is 16.3. The zero-order valence-electron chi connectivity index (χ0n) is 12.4. The predicted octanol–water partition coefficient (Wildman–Crippen LogP) is 4.95. The molecule has 21 heavy (non-hydrogen) atoms. The van der Waals surface area contributed by atoms with Gasteiger partial charge in [0.05, 0.1) is 0 Å². The Morgan fingerprint density at radius 3 is 2.81 bits per heavy atom. The van der Waals surface area contributed by atoms with Crippen LogP contribution in [0.2, 0.25) is 0 Å². The number of hydrogen-bond acceptors (Lipinski definition) is 2. The Balaban J connectivity index is 1.58. The van der Waals surface area contributed by atoms with Gasteiger partial charge in [0.2, 0.25) is 0 Å². The molecule has 0 spiro atoms. The van der Waals surface area contributed by atoms with Crippen LogP contribution < -0.4 is 5.32 Å². The van der Waals surface area contributed by atoms with E-state index in [0.29, 0.717) is 11.3 Å². The minimum absolute atomic E-state index is 0.616. The number of anilines is 1. The molecule has 2 aromatic carbocycles. The third-order valence-electron chi connectivity index (χ3n) is 4.75. The van der Waals surface area contributed by atoms with Crippen molar-refractivity contribution in [2.45, 2.75) is 37.5 Å². The maximum atomic E-state index is 3.77. The lowest BCUT2D eigenvalue weighted by atomic mass is 10.0. The summed E-state index contributed by atoms with van der Waals surface area (Å²) in [5, 5.41) is 4.48. The van der Waals surface area contributed by atoms with Crippen LogP contribution in [0.1, 0.15) is 30.9 Å². The molecule has 1 heterocycles. The summed E-state index contributed by atoms with van der Waals surface area (Å²) in [5.74, 6) is 1.32. The number of benzene rings is 2. The smallest absolute Gasteiger partial charge is 0.0377 e. The summed E-state index contributed by atoms with van der Waals surface area (Å²) < 4.78 is 0. The van der Waals surface area contributed by atoms with E-state index in [1.807, 2.05) is 0 Å². The van der Waals surface area contributed by atoms with Crippen molar-refractivity contribution in [3.63, 3.8) is 0 Å². The van der Waals surface area contributed by atoms with Crippen LogP contribution in [0.4, 0.5) is 5.69 Å². The molecule has 2 heteroatoms. The van der Waals surface area contributed by atoms with E-state index in [1.165, 1.54) is 46.5 Å². The standard InChI is InChI=1S/C19H21NS/c1-13-19(7-4-10-21-13)20-16-8-9-18-15(12-16)11-14-5-2-3-6-17(14)18/h2-3,5-6,8-9,12-13,19-20H,4,7,10-11H2,1H3. The van der Waals surface area contributed by atoms with Crippen molar-refractivity contribution in [2.75, 3.05) is 11.1 Å². The zero-order chi connectivity index (χ0) is 14.2. The highest BCUT2D eigenvalue weighted by Crippen LogP contribution is 2.38. The molecule has 1 aliphatic carbocycles. The Hall–Kier alpha value is -1.41. The largest absolute Gasteiger partial charge is 0.381 e. The Morgan fingerprint density at radius 1 is 1.05 bits per heavy atom. The summed E-state index contributed by atoms with van der Waals surface area (Å²) >= 11 is 2.10. The number of hydrogen-bond donors (Lipinski definition) is 1. The predicted molar refractivity (Wildman–Crippen MR) is 93.2 cm³/mol. The quantitative estimate of drug-likeness (QED) is 0.717. The second-order valence-electron chi connectivity index (χ2n) is 6.17. The van der Waals surface area contributed by atoms with Crippen LogP contribution in [0, 0.1) is 0 Å². The van der Waals surface area contributed by atoms with Gasteiger partial charge in [-0.2, -0.15) is 11.8 Å². The van der Waals surface area contributed by atoms with Gasteiger partial charge in [-0.3, -0.25) is 0 Å². The number of thioether (sulfide) groups is 1. The molecule has 2 aliphatic rings. The van der Waals surface area contributed by atoms with Crippen LogP contribution in [0.25, 0.3) is 11.1 Å². The second-order valence-corrected chi connectivity index (χ2v) is 7.66.